The Morgan fingerprint density at radius 1 is 1.03 bits per heavy atom. The number of rotatable bonds is 9. The molecule has 0 atom stereocenters. The van der Waals surface area contributed by atoms with Gasteiger partial charge >= 0.3 is 0 Å². The molecule has 1 heterocycles. The van der Waals surface area contributed by atoms with Gasteiger partial charge < -0.3 is 18.9 Å². The lowest BCUT2D eigenvalue weighted by Gasteiger charge is -2.11. The highest BCUT2D eigenvalue weighted by atomic mass is 32.1. The van der Waals surface area contributed by atoms with Crippen LogP contribution >= 0.6 is 11.3 Å². The molecule has 2 aromatic carbocycles. The van der Waals surface area contributed by atoms with Crippen molar-refractivity contribution >= 4 is 22.7 Å². The molecule has 0 saturated heterocycles. The monoisotopic (exact) mass is 413 g/mol. The average Bonchev–Trinajstić information content (AvgIpc) is 3.22. The van der Waals surface area contributed by atoms with E-state index in [1.165, 1.54) is 11.3 Å². The Labute approximate surface area is 173 Å². The first-order chi connectivity index (χ1) is 14.2. The third-order valence-electron chi connectivity index (χ3n) is 4.06. The van der Waals surface area contributed by atoms with E-state index in [-0.39, 0.29) is 0 Å². The number of aromatic nitrogens is 1. The molecule has 0 bridgehead atoms. The number of para-hydroxylation sites is 1. The van der Waals surface area contributed by atoms with Gasteiger partial charge in [-0.2, -0.15) is 5.10 Å². The van der Waals surface area contributed by atoms with Gasteiger partial charge in [-0.1, -0.05) is 6.07 Å². The smallest absolute Gasteiger partial charge is 0.203 e. The first-order valence-electron chi connectivity index (χ1n) is 8.97. The largest absolute Gasteiger partial charge is 0.493 e. The third-order valence-corrected chi connectivity index (χ3v) is 4.81. The second kappa shape index (κ2) is 9.79. The van der Waals surface area contributed by atoms with Gasteiger partial charge in [-0.25, -0.2) is 4.98 Å². The number of anilines is 1. The Morgan fingerprint density at radius 3 is 2.59 bits per heavy atom. The van der Waals surface area contributed by atoms with Crippen molar-refractivity contribution in [3.63, 3.8) is 0 Å². The molecule has 8 heteroatoms. The first kappa shape index (κ1) is 20.5. The predicted molar refractivity (Wildman–Crippen MR) is 116 cm³/mol. The fourth-order valence-electron chi connectivity index (χ4n) is 2.73. The maximum Gasteiger partial charge on any atom is 0.203 e. The zero-order valence-electron chi connectivity index (χ0n) is 16.8. The van der Waals surface area contributed by atoms with Crippen molar-refractivity contribution in [1.29, 1.82) is 0 Å². The summed E-state index contributed by atoms with van der Waals surface area (Å²) < 4.78 is 21.7. The van der Waals surface area contributed by atoms with Crippen LogP contribution < -0.4 is 24.4 Å². The number of nitrogens with one attached hydrogen (secondary N) is 1. The topological polar surface area (TPSA) is 74.2 Å². The summed E-state index contributed by atoms with van der Waals surface area (Å²) in [7, 11) is 4.83. The number of methoxy groups -OCH3 is 3. The zero-order valence-corrected chi connectivity index (χ0v) is 17.6. The van der Waals surface area contributed by atoms with Crippen molar-refractivity contribution in [2.24, 2.45) is 5.10 Å². The third kappa shape index (κ3) is 4.78. The van der Waals surface area contributed by atoms with E-state index in [9.17, 15) is 0 Å². The van der Waals surface area contributed by atoms with E-state index >= 15 is 0 Å². The van der Waals surface area contributed by atoms with Crippen molar-refractivity contribution in [2.45, 2.75) is 6.92 Å². The maximum atomic E-state index is 5.58. The van der Waals surface area contributed by atoms with E-state index in [1.54, 1.807) is 27.5 Å². The quantitative estimate of drug-likeness (QED) is 0.406. The van der Waals surface area contributed by atoms with Gasteiger partial charge in [0.25, 0.3) is 0 Å². The van der Waals surface area contributed by atoms with E-state index in [1.807, 2.05) is 48.7 Å². The molecule has 0 fully saturated rings. The second-order valence-electron chi connectivity index (χ2n) is 5.79. The van der Waals surface area contributed by atoms with E-state index in [0.29, 0.717) is 34.7 Å². The van der Waals surface area contributed by atoms with Crippen molar-refractivity contribution in [2.75, 3.05) is 33.4 Å². The van der Waals surface area contributed by atoms with Crippen LogP contribution in [0.4, 0.5) is 5.13 Å². The zero-order chi connectivity index (χ0) is 20.6. The molecule has 1 aromatic heterocycles. The van der Waals surface area contributed by atoms with Crippen molar-refractivity contribution in [3.05, 3.63) is 47.3 Å². The van der Waals surface area contributed by atoms with Crippen LogP contribution in [0.25, 0.3) is 11.3 Å². The molecule has 0 aliphatic carbocycles. The lowest BCUT2D eigenvalue weighted by Crippen LogP contribution is -1.99. The molecule has 0 aliphatic heterocycles. The Balaban J connectivity index is 1.74. The van der Waals surface area contributed by atoms with Crippen LogP contribution in [0, 0.1) is 0 Å². The lowest BCUT2D eigenvalue weighted by molar-refractivity contribution is 0.311. The molecule has 0 aliphatic rings. The summed E-state index contributed by atoms with van der Waals surface area (Å²) in [5.41, 5.74) is 5.53. The fraction of sp³-hybridized carbons (Fsp3) is 0.238. The Morgan fingerprint density at radius 2 is 1.86 bits per heavy atom. The van der Waals surface area contributed by atoms with Crippen LogP contribution in [-0.2, 0) is 0 Å². The van der Waals surface area contributed by atoms with Crippen molar-refractivity contribution < 1.29 is 18.9 Å². The minimum atomic E-state index is 0.563. The number of hydrogen-bond acceptors (Lipinski definition) is 8. The summed E-state index contributed by atoms with van der Waals surface area (Å²) in [6.07, 6.45) is 1.68. The molecule has 0 amide bonds. The van der Waals surface area contributed by atoms with Crippen LogP contribution in [0.3, 0.4) is 0 Å². The number of nitrogens with zero attached hydrogens (tertiary/aromatic N) is 2. The summed E-state index contributed by atoms with van der Waals surface area (Å²) in [5.74, 6) is 2.67. The summed E-state index contributed by atoms with van der Waals surface area (Å²) in [4.78, 5) is 4.57. The number of benzene rings is 2. The van der Waals surface area contributed by atoms with Gasteiger partial charge in [0.1, 0.15) is 0 Å². The normalized spacial score (nSPS) is 10.8. The minimum absolute atomic E-state index is 0.563. The second-order valence-corrected chi connectivity index (χ2v) is 6.65. The molecule has 1 N–H and O–H groups in total. The molecule has 7 nitrogen and oxygen atoms in total. The van der Waals surface area contributed by atoms with Gasteiger partial charge in [-0.3, -0.25) is 5.43 Å². The molecule has 0 radical (unpaired) electrons. The first-order valence-corrected chi connectivity index (χ1v) is 9.84. The lowest BCUT2D eigenvalue weighted by atomic mass is 10.1. The Kier molecular flexibility index (Phi) is 6.91. The highest BCUT2D eigenvalue weighted by molar-refractivity contribution is 7.14. The van der Waals surface area contributed by atoms with Crippen molar-refractivity contribution in [3.8, 4) is 34.3 Å². The SMILES string of the molecule is CCOc1cccc(/C=N\Nc2nc(-c3ccc(OC)c(OC)c3)cs2)c1OC. The molecule has 0 saturated carbocycles. The number of thiazole rings is 1. The summed E-state index contributed by atoms with van der Waals surface area (Å²) in [6, 6.07) is 11.4. The maximum absolute atomic E-state index is 5.58. The highest BCUT2D eigenvalue weighted by Gasteiger charge is 2.10. The van der Waals surface area contributed by atoms with E-state index in [4.69, 9.17) is 18.9 Å². The number of hydrogen-bond donors (Lipinski definition) is 1. The molecular formula is C21H23N3O4S. The fourth-order valence-corrected chi connectivity index (χ4v) is 3.40. The van der Waals surface area contributed by atoms with Crippen LogP contribution in [0.2, 0.25) is 0 Å². The molecule has 152 valence electrons. The molecule has 0 unspecified atom stereocenters. The molecule has 3 aromatic rings. The van der Waals surface area contributed by atoms with Gasteiger partial charge in [0.05, 0.1) is 39.8 Å². The van der Waals surface area contributed by atoms with Gasteiger partial charge in [0.15, 0.2) is 23.0 Å². The van der Waals surface area contributed by atoms with Gasteiger partial charge in [-0.15, -0.1) is 11.3 Å². The van der Waals surface area contributed by atoms with Crippen LogP contribution in [0.15, 0.2) is 46.9 Å². The van der Waals surface area contributed by atoms with Gasteiger partial charge in [0, 0.05) is 16.5 Å². The Bertz CT molecular complexity index is 988. The number of ether oxygens (including phenoxy) is 4. The van der Waals surface area contributed by atoms with E-state index in [2.05, 4.69) is 15.5 Å². The molecule has 0 spiro atoms. The molecule has 29 heavy (non-hydrogen) atoms. The van der Waals surface area contributed by atoms with Gasteiger partial charge in [-0.05, 0) is 37.3 Å². The Hall–Kier alpha value is -3.26. The summed E-state index contributed by atoms with van der Waals surface area (Å²) in [5, 5.41) is 6.91. The van der Waals surface area contributed by atoms with Crippen LogP contribution in [-0.4, -0.2) is 39.1 Å². The van der Waals surface area contributed by atoms with E-state index in [0.717, 1.165) is 16.8 Å². The standard InChI is InChI=1S/C21H23N3O4S/c1-5-28-18-8-6-7-15(20(18)27-4)12-22-24-21-23-16(13-29-21)14-9-10-17(25-2)19(11-14)26-3/h6-13H,5H2,1-4H3,(H,23,24)/b22-12-. The molecular weight excluding hydrogens is 390 g/mol. The van der Waals surface area contributed by atoms with Crippen molar-refractivity contribution in [1.82, 2.24) is 4.98 Å². The van der Waals surface area contributed by atoms with Crippen LogP contribution in [0.5, 0.6) is 23.0 Å². The predicted octanol–water partition coefficient (Wildman–Crippen LogP) is 4.68. The average molecular weight is 413 g/mol. The minimum Gasteiger partial charge on any atom is -0.493 e. The molecule has 3 rings (SSSR count). The summed E-state index contributed by atoms with van der Waals surface area (Å²) in [6.45, 7) is 2.49. The van der Waals surface area contributed by atoms with Gasteiger partial charge in [0.2, 0.25) is 5.13 Å². The van der Waals surface area contributed by atoms with E-state index < -0.39 is 0 Å². The number of hydrazone groups is 1. The summed E-state index contributed by atoms with van der Waals surface area (Å²) >= 11 is 1.46. The van der Waals surface area contributed by atoms with Crippen LogP contribution in [0.1, 0.15) is 12.5 Å². The highest BCUT2D eigenvalue weighted by Crippen LogP contribution is 2.33.